The Labute approximate surface area is 112 Å². The summed E-state index contributed by atoms with van der Waals surface area (Å²) in [5.41, 5.74) is 3.18. The molecule has 1 aromatic carbocycles. The van der Waals surface area contributed by atoms with Crippen molar-refractivity contribution in [2.24, 2.45) is 0 Å². The molecule has 0 saturated heterocycles. The van der Waals surface area contributed by atoms with Crippen LogP contribution in [0.15, 0.2) is 41.0 Å². The van der Waals surface area contributed by atoms with Crippen molar-refractivity contribution in [2.75, 3.05) is 0 Å². The minimum atomic E-state index is -0.282. The van der Waals surface area contributed by atoms with Crippen LogP contribution in [0.5, 0.6) is 0 Å². The van der Waals surface area contributed by atoms with Crippen molar-refractivity contribution in [1.29, 1.82) is 0 Å². The van der Waals surface area contributed by atoms with Gasteiger partial charge in [-0.1, -0.05) is 24.3 Å². The summed E-state index contributed by atoms with van der Waals surface area (Å²) < 4.78 is 10.7. The van der Waals surface area contributed by atoms with Gasteiger partial charge in [0.2, 0.25) is 0 Å². The highest BCUT2D eigenvalue weighted by Crippen LogP contribution is 2.24. The van der Waals surface area contributed by atoms with Crippen molar-refractivity contribution in [3.8, 4) is 0 Å². The fraction of sp³-hybridized carbons (Fsp3) is 0.312. The zero-order valence-corrected chi connectivity index (χ0v) is 10.9. The molecule has 0 amide bonds. The smallest absolute Gasteiger partial charge is 0.341 e. The molecule has 0 bridgehead atoms. The molecule has 0 aliphatic heterocycles. The molecule has 98 valence electrons. The Morgan fingerprint density at radius 3 is 2.79 bits per heavy atom. The van der Waals surface area contributed by atoms with Crippen LogP contribution in [0.25, 0.3) is 0 Å². The number of furan rings is 1. The van der Waals surface area contributed by atoms with Gasteiger partial charge in [0.15, 0.2) is 0 Å². The van der Waals surface area contributed by atoms with Gasteiger partial charge in [-0.15, -0.1) is 0 Å². The third-order valence-electron chi connectivity index (χ3n) is 3.65. The van der Waals surface area contributed by atoms with E-state index in [1.165, 1.54) is 17.4 Å². The zero-order chi connectivity index (χ0) is 13.2. The maximum Gasteiger partial charge on any atom is 0.341 e. The highest BCUT2D eigenvalue weighted by atomic mass is 16.5. The summed E-state index contributed by atoms with van der Waals surface area (Å²) in [6.07, 6.45) is 4.15. The van der Waals surface area contributed by atoms with E-state index < -0.39 is 0 Å². The van der Waals surface area contributed by atoms with Crippen LogP contribution in [0, 0.1) is 6.92 Å². The fourth-order valence-electron chi connectivity index (χ4n) is 2.58. The molecule has 1 aliphatic rings. The molecule has 1 aromatic heterocycles. The molecular weight excluding hydrogens is 240 g/mol. The van der Waals surface area contributed by atoms with Crippen LogP contribution >= 0.6 is 0 Å². The van der Waals surface area contributed by atoms with Crippen LogP contribution in [0.1, 0.15) is 33.7 Å². The SMILES string of the molecule is Cc1occc1C(=O)OC1CCc2ccccc2C1. The molecule has 19 heavy (non-hydrogen) atoms. The first-order valence-electron chi connectivity index (χ1n) is 6.56. The standard InChI is InChI=1S/C16H16O3/c1-11-15(8-9-18-11)16(17)19-14-7-6-12-4-2-3-5-13(12)10-14/h2-5,8-9,14H,6-7,10H2,1H3. The van der Waals surface area contributed by atoms with E-state index in [0.717, 1.165) is 19.3 Å². The van der Waals surface area contributed by atoms with Gasteiger partial charge < -0.3 is 9.15 Å². The molecular formula is C16H16O3. The third kappa shape index (κ3) is 2.41. The van der Waals surface area contributed by atoms with Crippen LogP contribution in [0.4, 0.5) is 0 Å². The van der Waals surface area contributed by atoms with Gasteiger partial charge in [-0.05, 0) is 37.0 Å². The quantitative estimate of drug-likeness (QED) is 0.774. The van der Waals surface area contributed by atoms with Gasteiger partial charge in [-0.2, -0.15) is 0 Å². The van der Waals surface area contributed by atoms with Gasteiger partial charge in [0, 0.05) is 6.42 Å². The second-order valence-corrected chi connectivity index (χ2v) is 4.93. The van der Waals surface area contributed by atoms with E-state index in [4.69, 9.17) is 9.15 Å². The Hall–Kier alpha value is -2.03. The van der Waals surface area contributed by atoms with E-state index in [2.05, 4.69) is 18.2 Å². The number of aryl methyl sites for hydroxylation is 2. The second-order valence-electron chi connectivity index (χ2n) is 4.93. The third-order valence-corrected chi connectivity index (χ3v) is 3.65. The molecule has 0 spiro atoms. The van der Waals surface area contributed by atoms with Crippen molar-refractivity contribution in [2.45, 2.75) is 32.3 Å². The average Bonchev–Trinajstić information content (AvgIpc) is 2.85. The lowest BCUT2D eigenvalue weighted by Crippen LogP contribution is -2.25. The molecule has 0 saturated carbocycles. The van der Waals surface area contributed by atoms with E-state index in [9.17, 15) is 4.79 Å². The first kappa shape index (κ1) is 12.0. The Bertz CT molecular complexity index is 598. The number of hydrogen-bond donors (Lipinski definition) is 0. The highest BCUT2D eigenvalue weighted by Gasteiger charge is 2.23. The molecule has 1 atom stereocenters. The van der Waals surface area contributed by atoms with Crippen molar-refractivity contribution in [1.82, 2.24) is 0 Å². The molecule has 3 heteroatoms. The number of esters is 1. The van der Waals surface area contributed by atoms with Gasteiger partial charge in [-0.3, -0.25) is 0 Å². The van der Waals surface area contributed by atoms with Gasteiger partial charge in [0.1, 0.15) is 17.4 Å². The van der Waals surface area contributed by atoms with Crippen molar-refractivity contribution in [3.05, 3.63) is 59.0 Å². The maximum atomic E-state index is 12.0. The van der Waals surface area contributed by atoms with Crippen molar-refractivity contribution in [3.63, 3.8) is 0 Å². The molecule has 1 unspecified atom stereocenters. The number of carbonyl (C=O) groups excluding carboxylic acids is 1. The van der Waals surface area contributed by atoms with Crippen molar-refractivity contribution < 1.29 is 13.9 Å². The topological polar surface area (TPSA) is 39.4 Å². The largest absolute Gasteiger partial charge is 0.469 e. The molecule has 1 heterocycles. The minimum Gasteiger partial charge on any atom is -0.469 e. The summed E-state index contributed by atoms with van der Waals surface area (Å²) >= 11 is 0. The lowest BCUT2D eigenvalue weighted by atomic mass is 9.90. The summed E-state index contributed by atoms with van der Waals surface area (Å²) in [7, 11) is 0. The lowest BCUT2D eigenvalue weighted by Gasteiger charge is -2.24. The summed E-state index contributed by atoms with van der Waals surface area (Å²) in [6, 6.07) is 10.0. The normalized spacial score (nSPS) is 17.8. The predicted molar refractivity (Wildman–Crippen MR) is 71.1 cm³/mol. The molecule has 0 N–H and O–H groups in total. The maximum absolute atomic E-state index is 12.0. The highest BCUT2D eigenvalue weighted by molar-refractivity contribution is 5.90. The first-order chi connectivity index (χ1) is 9.24. The Balaban J connectivity index is 1.70. The monoisotopic (exact) mass is 256 g/mol. The van der Waals surface area contributed by atoms with E-state index in [1.54, 1.807) is 13.0 Å². The number of benzene rings is 1. The molecule has 0 fully saturated rings. The number of hydrogen-bond acceptors (Lipinski definition) is 3. The second kappa shape index (κ2) is 4.92. The lowest BCUT2D eigenvalue weighted by molar-refractivity contribution is 0.0269. The van der Waals surface area contributed by atoms with Crippen LogP contribution < -0.4 is 0 Å². The number of fused-ring (bicyclic) bond motifs is 1. The van der Waals surface area contributed by atoms with Crippen LogP contribution in [0.2, 0.25) is 0 Å². The molecule has 3 rings (SSSR count). The average molecular weight is 256 g/mol. The van der Waals surface area contributed by atoms with Gasteiger partial charge >= 0.3 is 5.97 Å². The number of ether oxygens (including phenoxy) is 1. The van der Waals surface area contributed by atoms with Crippen LogP contribution in [0.3, 0.4) is 0 Å². The Kier molecular flexibility index (Phi) is 3.11. The number of rotatable bonds is 2. The predicted octanol–water partition coefficient (Wildman–Crippen LogP) is 3.30. The summed E-state index contributed by atoms with van der Waals surface area (Å²) in [5.74, 6) is 0.330. The van der Waals surface area contributed by atoms with Crippen LogP contribution in [-0.2, 0) is 17.6 Å². The Morgan fingerprint density at radius 1 is 1.26 bits per heavy atom. The van der Waals surface area contributed by atoms with E-state index in [1.807, 2.05) is 6.07 Å². The van der Waals surface area contributed by atoms with E-state index >= 15 is 0 Å². The van der Waals surface area contributed by atoms with Crippen molar-refractivity contribution >= 4 is 5.97 Å². The van der Waals surface area contributed by atoms with E-state index in [-0.39, 0.29) is 12.1 Å². The summed E-state index contributed by atoms with van der Waals surface area (Å²) in [5, 5.41) is 0. The minimum absolute atomic E-state index is 0.0308. The molecule has 1 aliphatic carbocycles. The summed E-state index contributed by atoms with van der Waals surface area (Å²) in [6.45, 7) is 1.77. The Morgan fingerprint density at radius 2 is 2.05 bits per heavy atom. The number of carbonyl (C=O) groups is 1. The molecule has 3 nitrogen and oxygen atoms in total. The summed E-state index contributed by atoms with van der Waals surface area (Å²) in [4.78, 5) is 12.0. The van der Waals surface area contributed by atoms with Gasteiger partial charge in [-0.25, -0.2) is 4.79 Å². The first-order valence-corrected chi connectivity index (χ1v) is 6.56. The van der Waals surface area contributed by atoms with Gasteiger partial charge in [0.05, 0.1) is 6.26 Å². The molecule has 0 radical (unpaired) electrons. The van der Waals surface area contributed by atoms with Gasteiger partial charge in [0.25, 0.3) is 0 Å². The van der Waals surface area contributed by atoms with Crippen LogP contribution in [-0.4, -0.2) is 12.1 Å². The zero-order valence-electron chi connectivity index (χ0n) is 10.9. The van der Waals surface area contributed by atoms with E-state index in [0.29, 0.717) is 11.3 Å². The molecule has 2 aromatic rings. The fourth-order valence-corrected chi connectivity index (χ4v) is 2.58.